The summed E-state index contributed by atoms with van der Waals surface area (Å²) in [5.74, 6) is -0.218. The number of thioether (sulfide) groups is 1. The molecule has 140 valence electrons. The molecule has 0 saturated carbocycles. The maximum atomic E-state index is 13.0. The van der Waals surface area contributed by atoms with Gasteiger partial charge in [0.1, 0.15) is 0 Å². The number of amides is 1. The number of para-hydroxylation sites is 1. The van der Waals surface area contributed by atoms with Crippen LogP contribution < -0.4 is 10.9 Å². The molecule has 4 rings (SSSR count). The molecule has 1 aliphatic rings. The fraction of sp³-hybridized carbons (Fsp3) is 0.0952. The van der Waals surface area contributed by atoms with Gasteiger partial charge in [0, 0.05) is 7.05 Å². The normalized spacial score (nSPS) is 16.7. The molecule has 3 aromatic rings. The van der Waals surface area contributed by atoms with E-state index in [9.17, 15) is 9.59 Å². The lowest BCUT2D eigenvalue weighted by Gasteiger charge is -2.07. The quantitative estimate of drug-likeness (QED) is 0.697. The number of nitrogens with one attached hydrogen (secondary N) is 1. The molecule has 0 atom stereocenters. The Labute approximate surface area is 166 Å². The van der Waals surface area contributed by atoms with E-state index in [0.717, 1.165) is 16.9 Å². The molecule has 28 heavy (non-hydrogen) atoms. The molecule has 1 saturated heterocycles. The Kier molecular flexibility index (Phi) is 4.75. The summed E-state index contributed by atoms with van der Waals surface area (Å²) in [4.78, 5) is 30.2. The molecule has 1 amide bonds. The van der Waals surface area contributed by atoms with Crippen molar-refractivity contribution in [1.82, 2.24) is 14.7 Å². The number of carbonyl (C=O) groups excluding carboxylic acids is 1. The average molecular weight is 390 g/mol. The van der Waals surface area contributed by atoms with Crippen LogP contribution in [0.25, 0.3) is 11.8 Å². The van der Waals surface area contributed by atoms with Crippen LogP contribution >= 0.6 is 11.8 Å². The zero-order chi connectivity index (χ0) is 19.7. The van der Waals surface area contributed by atoms with Crippen molar-refractivity contribution in [1.29, 1.82) is 0 Å². The second-order valence-corrected chi connectivity index (χ2v) is 7.33. The van der Waals surface area contributed by atoms with E-state index < -0.39 is 0 Å². The lowest BCUT2D eigenvalue weighted by atomic mass is 10.2. The largest absolute Gasteiger partial charge is 0.300 e. The third kappa shape index (κ3) is 3.32. The minimum absolute atomic E-state index is 0.218. The average Bonchev–Trinajstić information content (AvgIpc) is 3.15. The number of aromatic nitrogens is 2. The second-order valence-electron chi connectivity index (χ2n) is 6.30. The Hall–Kier alpha value is -3.32. The highest BCUT2D eigenvalue weighted by molar-refractivity contribution is 8.18. The molecule has 1 fully saturated rings. The molecule has 0 radical (unpaired) electrons. The Bertz CT molecular complexity index is 1160. The Morgan fingerprint density at radius 2 is 1.64 bits per heavy atom. The first-order chi connectivity index (χ1) is 13.5. The van der Waals surface area contributed by atoms with Gasteiger partial charge in [-0.3, -0.25) is 14.3 Å². The standard InChI is InChI=1S/C21H18N4O2S/c1-14-18(20(27)25(24(14)2)16-11-7-4-8-12-16)22-21-23-19(26)17(28-21)13-15-9-5-3-6-10-15/h3-13H,1-2H3,(H,22,23,26)/b17-13-. The van der Waals surface area contributed by atoms with Crippen LogP contribution in [0.15, 0.2) is 75.4 Å². The van der Waals surface area contributed by atoms with Crippen LogP contribution in [0.4, 0.5) is 5.69 Å². The summed E-state index contributed by atoms with van der Waals surface area (Å²) in [6, 6.07) is 19.0. The van der Waals surface area contributed by atoms with Crippen molar-refractivity contribution in [3.05, 3.63) is 87.2 Å². The third-order valence-corrected chi connectivity index (χ3v) is 5.40. The van der Waals surface area contributed by atoms with Gasteiger partial charge in [0.2, 0.25) is 0 Å². The molecule has 1 aliphatic heterocycles. The molecule has 7 heteroatoms. The number of benzene rings is 2. The first kappa shape index (κ1) is 18.1. The Morgan fingerprint density at radius 1 is 1.00 bits per heavy atom. The SMILES string of the molecule is Cc1c(N=C2NC(=O)/C(=C/c3ccccc3)S2)c(=O)n(-c2ccccc2)n1C. The lowest BCUT2D eigenvalue weighted by molar-refractivity contribution is -0.115. The van der Waals surface area contributed by atoms with Crippen molar-refractivity contribution >= 4 is 34.6 Å². The number of aliphatic imine (C=N–C) groups is 1. The van der Waals surface area contributed by atoms with Gasteiger partial charge in [0.05, 0.1) is 16.3 Å². The highest BCUT2D eigenvalue weighted by atomic mass is 32.2. The summed E-state index contributed by atoms with van der Waals surface area (Å²) in [7, 11) is 1.81. The van der Waals surface area contributed by atoms with Crippen molar-refractivity contribution in [3.8, 4) is 5.69 Å². The summed E-state index contributed by atoms with van der Waals surface area (Å²) >= 11 is 1.23. The highest BCUT2D eigenvalue weighted by Gasteiger charge is 2.25. The van der Waals surface area contributed by atoms with Crippen LogP contribution in [0.2, 0.25) is 0 Å². The van der Waals surface area contributed by atoms with Crippen LogP contribution in [-0.2, 0) is 11.8 Å². The summed E-state index contributed by atoms with van der Waals surface area (Å²) in [5, 5.41) is 3.15. The molecule has 0 bridgehead atoms. The molecule has 0 unspecified atom stereocenters. The van der Waals surface area contributed by atoms with E-state index in [4.69, 9.17) is 0 Å². The lowest BCUT2D eigenvalue weighted by Crippen LogP contribution is -2.21. The number of carbonyl (C=O) groups is 1. The number of rotatable bonds is 3. The van der Waals surface area contributed by atoms with Gasteiger partial charge >= 0.3 is 0 Å². The van der Waals surface area contributed by atoms with E-state index in [2.05, 4.69) is 10.3 Å². The number of nitrogens with zero attached hydrogens (tertiary/aromatic N) is 3. The van der Waals surface area contributed by atoms with Crippen molar-refractivity contribution < 1.29 is 4.79 Å². The van der Waals surface area contributed by atoms with E-state index in [1.165, 1.54) is 11.8 Å². The smallest absolute Gasteiger partial charge is 0.297 e. The first-order valence-electron chi connectivity index (χ1n) is 8.73. The van der Waals surface area contributed by atoms with Gasteiger partial charge in [0.25, 0.3) is 11.5 Å². The molecular weight excluding hydrogens is 372 g/mol. The van der Waals surface area contributed by atoms with E-state index in [0.29, 0.717) is 15.8 Å². The van der Waals surface area contributed by atoms with Gasteiger partial charge in [-0.05, 0) is 42.5 Å². The van der Waals surface area contributed by atoms with Crippen LogP contribution in [-0.4, -0.2) is 20.4 Å². The van der Waals surface area contributed by atoms with E-state index in [1.807, 2.05) is 80.7 Å². The van der Waals surface area contributed by atoms with Crippen LogP contribution in [0.3, 0.4) is 0 Å². The highest BCUT2D eigenvalue weighted by Crippen LogP contribution is 2.28. The van der Waals surface area contributed by atoms with Gasteiger partial charge < -0.3 is 5.32 Å². The molecule has 0 aliphatic carbocycles. The third-order valence-electron chi connectivity index (χ3n) is 4.49. The molecule has 2 aromatic carbocycles. The molecule has 6 nitrogen and oxygen atoms in total. The summed E-state index contributed by atoms with van der Waals surface area (Å²) in [5.41, 5.74) is 2.50. The van der Waals surface area contributed by atoms with Gasteiger partial charge in [0.15, 0.2) is 10.9 Å². The van der Waals surface area contributed by atoms with Gasteiger partial charge in [-0.1, -0.05) is 48.5 Å². The van der Waals surface area contributed by atoms with Crippen molar-refractivity contribution in [3.63, 3.8) is 0 Å². The van der Waals surface area contributed by atoms with E-state index >= 15 is 0 Å². The van der Waals surface area contributed by atoms with Crippen molar-refractivity contribution in [2.24, 2.45) is 12.0 Å². The van der Waals surface area contributed by atoms with Gasteiger partial charge in [-0.2, -0.15) is 0 Å². The minimum Gasteiger partial charge on any atom is -0.300 e. The molecule has 1 N–H and O–H groups in total. The predicted molar refractivity (Wildman–Crippen MR) is 113 cm³/mol. The zero-order valence-corrected chi connectivity index (χ0v) is 16.2. The summed E-state index contributed by atoms with van der Waals surface area (Å²) in [6.45, 7) is 1.84. The monoisotopic (exact) mass is 390 g/mol. The Morgan fingerprint density at radius 3 is 2.32 bits per heavy atom. The number of hydrogen-bond donors (Lipinski definition) is 1. The number of amidine groups is 1. The number of hydrogen-bond acceptors (Lipinski definition) is 4. The van der Waals surface area contributed by atoms with Gasteiger partial charge in [-0.15, -0.1) is 0 Å². The van der Waals surface area contributed by atoms with Crippen molar-refractivity contribution in [2.75, 3.05) is 0 Å². The minimum atomic E-state index is -0.228. The fourth-order valence-electron chi connectivity index (χ4n) is 2.97. The van der Waals surface area contributed by atoms with Crippen LogP contribution in [0, 0.1) is 6.92 Å². The predicted octanol–water partition coefficient (Wildman–Crippen LogP) is 3.38. The van der Waals surface area contributed by atoms with Crippen LogP contribution in [0.5, 0.6) is 0 Å². The summed E-state index contributed by atoms with van der Waals surface area (Å²) < 4.78 is 3.33. The van der Waals surface area contributed by atoms with Crippen molar-refractivity contribution in [2.45, 2.75) is 6.92 Å². The molecule has 2 heterocycles. The molecular formula is C21H18N4O2S. The topological polar surface area (TPSA) is 68.4 Å². The molecule has 0 spiro atoms. The second kappa shape index (κ2) is 7.36. The first-order valence-corrected chi connectivity index (χ1v) is 9.55. The van der Waals surface area contributed by atoms with E-state index in [1.54, 1.807) is 9.36 Å². The maximum absolute atomic E-state index is 13.0. The molecule has 1 aromatic heterocycles. The van der Waals surface area contributed by atoms with E-state index in [-0.39, 0.29) is 11.5 Å². The Balaban J connectivity index is 1.70. The summed E-state index contributed by atoms with van der Waals surface area (Å²) in [6.07, 6.45) is 1.81. The van der Waals surface area contributed by atoms with Gasteiger partial charge in [-0.25, -0.2) is 9.67 Å². The fourth-order valence-corrected chi connectivity index (χ4v) is 3.79. The maximum Gasteiger partial charge on any atom is 0.297 e. The zero-order valence-electron chi connectivity index (χ0n) is 15.4. The van der Waals surface area contributed by atoms with Crippen LogP contribution in [0.1, 0.15) is 11.3 Å².